The van der Waals surface area contributed by atoms with Crippen molar-refractivity contribution in [3.63, 3.8) is 0 Å². The molecule has 0 saturated heterocycles. The molecule has 5 heteroatoms. The summed E-state index contributed by atoms with van der Waals surface area (Å²) in [5, 5.41) is 3.30. The van der Waals surface area contributed by atoms with Crippen LogP contribution < -0.4 is 10.2 Å². The molecule has 2 aromatic rings. The molecule has 0 atom stereocenters. The number of furan rings is 1. The van der Waals surface area contributed by atoms with Gasteiger partial charge in [0.1, 0.15) is 23.7 Å². The first-order valence-corrected chi connectivity index (χ1v) is 6.99. The molecule has 0 aliphatic carbocycles. The van der Waals surface area contributed by atoms with Gasteiger partial charge in [0.2, 0.25) is 0 Å². The van der Waals surface area contributed by atoms with Crippen LogP contribution in [0, 0.1) is 6.92 Å². The second kappa shape index (κ2) is 6.41. The Morgan fingerprint density at radius 2 is 2.10 bits per heavy atom. The number of hydrogen-bond acceptors (Lipinski definition) is 5. The van der Waals surface area contributed by atoms with E-state index >= 15 is 0 Å². The molecule has 0 saturated carbocycles. The molecular formula is C15H22N4O. The van der Waals surface area contributed by atoms with Crippen LogP contribution in [-0.4, -0.2) is 23.6 Å². The largest absolute Gasteiger partial charge is 0.469 e. The molecule has 108 valence electrons. The molecule has 0 aliphatic rings. The van der Waals surface area contributed by atoms with Gasteiger partial charge in [-0.1, -0.05) is 6.92 Å². The Bertz CT molecular complexity index is 565. The predicted octanol–water partition coefficient (Wildman–Crippen LogP) is 3.01. The molecule has 2 heterocycles. The van der Waals surface area contributed by atoms with Crippen molar-refractivity contribution in [2.45, 2.75) is 33.7 Å². The van der Waals surface area contributed by atoms with Gasteiger partial charge < -0.3 is 14.6 Å². The number of anilines is 2. The molecule has 2 rings (SSSR count). The van der Waals surface area contributed by atoms with E-state index < -0.39 is 0 Å². The van der Waals surface area contributed by atoms with E-state index in [-0.39, 0.29) is 0 Å². The molecule has 2 aromatic heterocycles. The fourth-order valence-electron chi connectivity index (χ4n) is 2.28. The Morgan fingerprint density at radius 3 is 2.70 bits per heavy atom. The number of nitrogens with one attached hydrogen (secondary N) is 1. The van der Waals surface area contributed by atoms with E-state index in [1.165, 1.54) is 5.56 Å². The zero-order chi connectivity index (χ0) is 14.5. The summed E-state index contributed by atoms with van der Waals surface area (Å²) in [7, 11) is 2.05. The van der Waals surface area contributed by atoms with Gasteiger partial charge in [-0.25, -0.2) is 9.97 Å². The van der Waals surface area contributed by atoms with Crippen molar-refractivity contribution in [2.24, 2.45) is 0 Å². The van der Waals surface area contributed by atoms with Crippen LogP contribution >= 0.6 is 0 Å². The van der Waals surface area contributed by atoms with Crippen molar-refractivity contribution in [3.8, 4) is 0 Å². The maximum absolute atomic E-state index is 5.35. The minimum atomic E-state index is 0.776. The van der Waals surface area contributed by atoms with Crippen molar-refractivity contribution in [1.29, 1.82) is 0 Å². The van der Waals surface area contributed by atoms with Crippen LogP contribution in [0.25, 0.3) is 0 Å². The summed E-state index contributed by atoms with van der Waals surface area (Å²) in [4.78, 5) is 10.9. The maximum atomic E-state index is 5.35. The number of aromatic nitrogens is 2. The van der Waals surface area contributed by atoms with Gasteiger partial charge in [-0.3, -0.25) is 0 Å². The number of rotatable bonds is 6. The fraction of sp³-hybridized carbons (Fsp3) is 0.467. The molecule has 0 radical (unpaired) electrons. The van der Waals surface area contributed by atoms with E-state index in [9.17, 15) is 0 Å². The molecule has 0 fully saturated rings. The Kier molecular flexibility index (Phi) is 4.61. The smallest absolute Gasteiger partial charge is 0.137 e. The summed E-state index contributed by atoms with van der Waals surface area (Å²) in [5.41, 5.74) is 2.33. The van der Waals surface area contributed by atoms with Crippen LogP contribution in [0.4, 0.5) is 11.6 Å². The highest BCUT2D eigenvalue weighted by molar-refractivity contribution is 5.58. The lowest BCUT2D eigenvalue weighted by atomic mass is 10.2. The Balaban J connectivity index is 2.27. The minimum Gasteiger partial charge on any atom is -0.469 e. The monoisotopic (exact) mass is 274 g/mol. The van der Waals surface area contributed by atoms with Gasteiger partial charge in [-0.05, 0) is 26.3 Å². The molecule has 0 spiro atoms. The van der Waals surface area contributed by atoms with Crippen molar-refractivity contribution in [1.82, 2.24) is 9.97 Å². The average molecular weight is 274 g/mol. The number of nitrogens with zero attached hydrogens (tertiary/aromatic N) is 3. The normalized spacial score (nSPS) is 10.6. The standard InChI is InChI=1S/C15H22N4O/c1-5-13-14(16-6-2)17-10-18-15(13)19(4)9-12-7-8-20-11(12)3/h7-8,10H,5-6,9H2,1-4H3,(H,16,17,18). The third-order valence-corrected chi connectivity index (χ3v) is 3.36. The minimum absolute atomic E-state index is 0.776. The molecule has 0 aromatic carbocycles. The predicted molar refractivity (Wildman–Crippen MR) is 81.1 cm³/mol. The molecular weight excluding hydrogens is 252 g/mol. The first kappa shape index (κ1) is 14.4. The Hall–Kier alpha value is -2.04. The topological polar surface area (TPSA) is 54.2 Å². The van der Waals surface area contributed by atoms with Crippen LogP contribution in [0.1, 0.15) is 30.7 Å². The highest BCUT2D eigenvalue weighted by atomic mass is 16.3. The molecule has 20 heavy (non-hydrogen) atoms. The lowest BCUT2D eigenvalue weighted by Crippen LogP contribution is -2.20. The average Bonchev–Trinajstić information content (AvgIpc) is 2.84. The first-order valence-electron chi connectivity index (χ1n) is 6.99. The van der Waals surface area contributed by atoms with Crippen LogP contribution in [0.3, 0.4) is 0 Å². The van der Waals surface area contributed by atoms with E-state index in [1.54, 1.807) is 12.6 Å². The maximum Gasteiger partial charge on any atom is 0.137 e. The molecule has 0 aliphatic heterocycles. The number of aryl methyl sites for hydroxylation is 1. The van der Waals surface area contributed by atoms with Crippen molar-refractivity contribution >= 4 is 11.6 Å². The highest BCUT2D eigenvalue weighted by Gasteiger charge is 2.14. The molecule has 5 nitrogen and oxygen atoms in total. The van der Waals surface area contributed by atoms with E-state index in [0.29, 0.717) is 0 Å². The summed E-state index contributed by atoms with van der Waals surface area (Å²) >= 11 is 0. The highest BCUT2D eigenvalue weighted by Crippen LogP contribution is 2.25. The third kappa shape index (κ3) is 2.92. The summed E-state index contributed by atoms with van der Waals surface area (Å²) in [6.07, 6.45) is 4.24. The van der Waals surface area contributed by atoms with E-state index in [2.05, 4.69) is 34.0 Å². The van der Waals surface area contributed by atoms with E-state index in [0.717, 1.165) is 42.5 Å². The van der Waals surface area contributed by atoms with Crippen molar-refractivity contribution in [2.75, 3.05) is 23.8 Å². The van der Waals surface area contributed by atoms with Crippen molar-refractivity contribution < 1.29 is 4.42 Å². The molecule has 0 bridgehead atoms. The SMILES string of the molecule is CCNc1ncnc(N(C)Cc2ccoc2C)c1CC. The fourth-order valence-corrected chi connectivity index (χ4v) is 2.28. The molecule has 0 amide bonds. The van der Waals surface area contributed by atoms with Gasteiger partial charge in [0, 0.05) is 31.3 Å². The first-order chi connectivity index (χ1) is 9.67. The van der Waals surface area contributed by atoms with Crippen LogP contribution in [0.15, 0.2) is 23.1 Å². The van der Waals surface area contributed by atoms with Gasteiger partial charge >= 0.3 is 0 Å². The van der Waals surface area contributed by atoms with E-state index in [1.807, 2.05) is 20.0 Å². The van der Waals surface area contributed by atoms with Gasteiger partial charge in [0.05, 0.1) is 6.26 Å². The molecule has 1 N–H and O–H groups in total. The van der Waals surface area contributed by atoms with Crippen LogP contribution in [-0.2, 0) is 13.0 Å². The quantitative estimate of drug-likeness (QED) is 0.877. The van der Waals surface area contributed by atoms with Gasteiger partial charge in [0.25, 0.3) is 0 Å². The second-order valence-electron chi connectivity index (χ2n) is 4.77. The van der Waals surface area contributed by atoms with Crippen molar-refractivity contribution in [3.05, 3.63) is 35.5 Å². The van der Waals surface area contributed by atoms with Gasteiger partial charge in [-0.15, -0.1) is 0 Å². The van der Waals surface area contributed by atoms with Crippen LogP contribution in [0.5, 0.6) is 0 Å². The third-order valence-electron chi connectivity index (χ3n) is 3.36. The van der Waals surface area contributed by atoms with Gasteiger partial charge in [-0.2, -0.15) is 0 Å². The Morgan fingerprint density at radius 1 is 1.30 bits per heavy atom. The lowest BCUT2D eigenvalue weighted by Gasteiger charge is -2.22. The lowest BCUT2D eigenvalue weighted by molar-refractivity contribution is 0.529. The Labute approximate surface area is 120 Å². The van der Waals surface area contributed by atoms with Crippen LogP contribution in [0.2, 0.25) is 0 Å². The second-order valence-corrected chi connectivity index (χ2v) is 4.77. The summed E-state index contributed by atoms with van der Waals surface area (Å²) in [6, 6.07) is 2.00. The summed E-state index contributed by atoms with van der Waals surface area (Å²) in [6.45, 7) is 7.81. The molecule has 0 unspecified atom stereocenters. The summed E-state index contributed by atoms with van der Waals surface area (Å²) in [5.74, 6) is 2.85. The van der Waals surface area contributed by atoms with Gasteiger partial charge in [0.15, 0.2) is 0 Å². The summed E-state index contributed by atoms with van der Waals surface area (Å²) < 4.78 is 5.35. The van der Waals surface area contributed by atoms with E-state index in [4.69, 9.17) is 4.42 Å². The zero-order valence-electron chi connectivity index (χ0n) is 12.6. The number of hydrogen-bond donors (Lipinski definition) is 1. The zero-order valence-corrected chi connectivity index (χ0v) is 12.6.